The molecule has 0 unspecified atom stereocenters. The van der Waals surface area contributed by atoms with E-state index >= 15 is 0 Å². The van der Waals surface area contributed by atoms with Crippen molar-refractivity contribution in [3.63, 3.8) is 0 Å². The Morgan fingerprint density at radius 1 is 1.15 bits per heavy atom. The Labute approximate surface area is 163 Å². The first-order chi connectivity index (χ1) is 13.0. The molecule has 1 heterocycles. The average molecular weight is 381 g/mol. The molecule has 0 fully saturated rings. The van der Waals surface area contributed by atoms with E-state index in [1.54, 1.807) is 10.7 Å². The third kappa shape index (κ3) is 4.44. The zero-order valence-corrected chi connectivity index (χ0v) is 16.3. The van der Waals surface area contributed by atoms with Gasteiger partial charge in [0.15, 0.2) is 0 Å². The standard InChI is InChI=1S/C21H21ClN4O/c1-14-8-10-17(11-9-14)13-26-20(22)19(16(3)25-26)12-23-24-21(27)18-7-5-4-6-15(18)2/h4-12H,13H2,1-3H3,(H,24,27)/b23-12-. The predicted molar refractivity (Wildman–Crippen MR) is 108 cm³/mol. The Kier molecular flexibility index (Phi) is 5.72. The van der Waals surface area contributed by atoms with E-state index in [-0.39, 0.29) is 5.91 Å². The lowest BCUT2D eigenvalue weighted by molar-refractivity contribution is 0.0954. The van der Waals surface area contributed by atoms with E-state index in [0.717, 1.165) is 16.8 Å². The minimum atomic E-state index is -0.259. The fourth-order valence-electron chi connectivity index (χ4n) is 2.73. The molecule has 0 saturated heterocycles. The van der Waals surface area contributed by atoms with Gasteiger partial charge in [0.2, 0.25) is 0 Å². The van der Waals surface area contributed by atoms with Crippen molar-refractivity contribution >= 4 is 23.7 Å². The second-order valence-electron chi connectivity index (χ2n) is 6.45. The van der Waals surface area contributed by atoms with Gasteiger partial charge in [-0.05, 0) is 38.0 Å². The number of carbonyl (C=O) groups excluding carboxylic acids is 1. The van der Waals surface area contributed by atoms with Gasteiger partial charge in [0.1, 0.15) is 5.15 Å². The Hall–Kier alpha value is -2.92. The van der Waals surface area contributed by atoms with Gasteiger partial charge >= 0.3 is 0 Å². The summed E-state index contributed by atoms with van der Waals surface area (Å²) in [5, 5.41) is 9.02. The number of carbonyl (C=O) groups is 1. The highest BCUT2D eigenvalue weighted by atomic mass is 35.5. The summed E-state index contributed by atoms with van der Waals surface area (Å²) in [5.41, 5.74) is 7.79. The summed E-state index contributed by atoms with van der Waals surface area (Å²) in [7, 11) is 0. The highest BCUT2D eigenvalue weighted by molar-refractivity contribution is 6.32. The molecule has 0 atom stereocenters. The van der Waals surface area contributed by atoms with Crippen LogP contribution in [0, 0.1) is 20.8 Å². The fourth-order valence-corrected chi connectivity index (χ4v) is 3.01. The van der Waals surface area contributed by atoms with E-state index in [1.165, 1.54) is 11.8 Å². The molecule has 3 rings (SSSR count). The van der Waals surface area contributed by atoms with E-state index in [2.05, 4.69) is 46.8 Å². The number of aromatic nitrogens is 2. The third-order valence-electron chi connectivity index (χ3n) is 4.31. The van der Waals surface area contributed by atoms with Gasteiger partial charge in [-0.3, -0.25) is 4.79 Å². The molecule has 0 aliphatic carbocycles. The van der Waals surface area contributed by atoms with Crippen LogP contribution in [0.4, 0.5) is 0 Å². The molecule has 1 aromatic heterocycles. The molecular formula is C21H21ClN4O. The minimum absolute atomic E-state index is 0.259. The smallest absolute Gasteiger partial charge is 0.267 e. The van der Waals surface area contributed by atoms with Crippen molar-refractivity contribution in [1.29, 1.82) is 0 Å². The maximum atomic E-state index is 12.2. The fraction of sp³-hybridized carbons (Fsp3) is 0.190. The number of hydrazone groups is 1. The number of nitrogens with zero attached hydrogens (tertiary/aromatic N) is 3. The van der Waals surface area contributed by atoms with Gasteiger partial charge in [0, 0.05) is 5.56 Å². The van der Waals surface area contributed by atoms with Crippen molar-refractivity contribution < 1.29 is 4.79 Å². The number of hydrogen-bond donors (Lipinski definition) is 1. The normalized spacial score (nSPS) is 11.1. The van der Waals surface area contributed by atoms with Crippen molar-refractivity contribution in [3.8, 4) is 0 Å². The number of aryl methyl sites for hydroxylation is 3. The SMILES string of the molecule is Cc1ccc(Cn2nc(C)c(/C=N\NC(=O)c3ccccc3C)c2Cl)cc1. The Morgan fingerprint density at radius 2 is 1.85 bits per heavy atom. The van der Waals surface area contributed by atoms with Crippen LogP contribution >= 0.6 is 11.6 Å². The monoisotopic (exact) mass is 380 g/mol. The van der Waals surface area contributed by atoms with Crippen molar-refractivity contribution in [2.45, 2.75) is 27.3 Å². The highest BCUT2D eigenvalue weighted by Gasteiger charge is 2.12. The lowest BCUT2D eigenvalue weighted by Crippen LogP contribution is -2.18. The molecule has 0 aliphatic heterocycles. The molecule has 0 aliphatic rings. The van der Waals surface area contributed by atoms with E-state index in [1.807, 2.05) is 32.0 Å². The van der Waals surface area contributed by atoms with Crippen LogP contribution in [0.1, 0.15) is 38.3 Å². The van der Waals surface area contributed by atoms with Gasteiger partial charge in [-0.15, -0.1) is 0 Å². The molecule has 3 aromatic rings. The van der Waals surface area contributed by atoms with Crippen LogP contribution in [-0.2, 0) is 6.54 Å². The van der Waals surface area contributed by atoms with Crippen molar-refractivity contribution in [2.75, 3.05) is 0 Å². The number of halogens is 1. The summed E-state index contributed by atoms with van der Waals surface area (Å²) < 4.78 is 1.73. The highest BCUT2D eigenvalue weighted by Crippen LogP contribution is 2.19. The van der Waals surface area contributed by atoms with Crippen LogP contribution in [0.2, 0.25) is 5.15 Å². The molecule has 27 heavy (non-hydrogen) atoms. The predicted octanol–water partition coefficient (Wildman–Crippen LogP) is 4.27. The van der Waals surface area contributed by atoms with Gasteiger partial charge in [0.05, 0.1) is 24.0 Å². The Balaban J connectivity index is 1.72. The molecule has 0 spiro atoms. The van der Waals surface area contributed by atoms with Crippen LogP contribution in [0.15, 0.2) is 53.6 Å². The van der Waals surface area contributed by atoms with Gasteiger partial charge in [-0.2, -0.15) is 10.2 Å². The molecule has 0 radical (unpaired) electrons. The van der Waals surface area contributed by atoms with Crippen molar-refractivity contribution in [2.24, 2.45) is 5.10 Å². The van der Waals surface area contributed by atoms with Crippen LogP contribution in [0.5, 0.6) is 0 Å². The van der Waals surface area contributed by atoms with Gasteiger partial charge < -0.3 is 0 Å². The first-order valence-corrected chi connectivity index (χ1v) is 9.01. The molecule has 138 valence electrons. The topological polar surface area (TPSA) is 59.3 Å². The van der Waals surface area contributed by atoms with E-state index in [4.69, 9.17) is 11.6 Å². The van der Waals surface area contributed by atoms with Crippen LogP contribution in [-0.4, -0.2) is 21.9 Å². The summed E-state index contributed by atoms with van der Waals surface area (Å²) in [5.74, 6) is -0.259. The summed E-state index contributed by atoms with van der Waals surface area (Å²) in [6.45, 7) is 6.37. The average Bonchev–Trinajstić information content (AvgIpc) is 2.91. The molecule has 0 saturated carbocycles. The molecule has 0 bridgehead atoms. The summed E-state index contributed by atoms with van der Waals surface area (Å²) in [4.78, 5) is 12.2. The summed E-state index contributed by atoms with van der Waals surface area (Å²) >= 11 is 6.46. The second kappa shape index (κ2) is 8.18. The van der Waals surface area contributed by atoms with Gasteiger partial charge in [0.25, 0.3) is 5.91 Å². The lowest BCUT2D eigenvalue weighted by Gasteiger charge is -2.04. The quantitative estimate of drug-likeness (QED) is 0.530. The first-order valence-electron chi connectivity index (χ1n) is 8.63. The molecule has 1 amide bonds. The number of hydrogen-bond acceptors (Lipinski definition) is 3. The van der Waals surface area contributed by atoms with Crippen molar-refractivity contribution in [3.05, 3.63) is 87.2 Å². The number of amides is 1. The van der Waals surface area contributed by atoms with E-state index < -0.39 is 0 Å². The van der Waals surface area contributed by atoms with Gasteiger partial charge in [-0.25, -0.2) is 10.1 Å². The number of nitrogens with one attached hydrogen (secondary N) is 1. The molecule has 2 aromatic carbocycles. The van der Waals surface area contributed by atoms with Gasteiger partial charge in [-0.1, -0.05) is 59.6 Å². The van der Waals surface area contributed by atoms with E-state index in [0.29, 0.717) is 22.8 Å². The Bertz CT molecular complexity index is 990. The lowest BCUT2D eigenvalue weighted by atomic mass is 10.1. The largest absolute Gasteiger partial charge is 0.271 e. The third-order valence-corrected chi connectivity index (χ3v) is 4.71. The van der Waals surface area contributed by atoms with Crippen LogP contribution in [0.3, 0.4) is 0 Å². The van der Waals surface area contributed by atoms with E-state index in [9.17, 15) is 4.79 Å². The maximum Gasteiger partial charge on any atom is 0.271 e. The first kappa shape index (κ1) is 18.9. The zero-order chi connectivity index (χ0) is 19.4. The molecular weight excluding hydrogens is 360 g/mol. The number of benzene rings is 2. The summed E-state index contributed by atoms with van der Waals surface area (Å²) in [6.07, 6.45) is 1.53. The zero-order valence-electron chi connectivity index (χ0n) is 15.5. The second-order valence-corrected chi connectivity index (χ2v) is 6.81. The molecule has 1 N–H and O–H groups in total. The van der Waals surface area contributed by atoms with Crippen molar-refractivity contribution in [1.82, 2.24) is 15.2 Å². The number of rotatable bonds is 5. The Morgan fingerprint density at radius 3 is 2.56 bits per heavy atom. The molecule has 6 heteroatoms. The molecule has 5 nitrogen and oxygen atoms in total. The maximum absolute atomic E-state index is 12.2. The van der Waals surface area contributed by atoms with Crippen LogP contribution < -0.4 is 5.43 Å². The minimum Gasteiger partial charge on any atom is -0.267 e. The summed E-state index contributed by atoms with van der Waals surface area (Å²) in [6, 6.07) is 15.6. The van der Waals surface area contributed by atoms with Crippen LogP contribution in [0.25, 0.3) is 0 Å².